The minimum absolute atomic E-state index is 0. The highest BCUT2D eigenvalue weighted by molar-refractivity contribution is 14.0. The predicted molar refractivity (Wildman–Crippen MR) is 116 cm³/mol. The van der Waals surface area contributed by atoms with Gasteiger partial charge in [0.15, 0.2) is 5.96 Å². The van der Waals surface area contributed by atoms with Crippen LogP contribution in [-0.4, -0.2) is 60.9 Å². The number of piperidine rings is 1. The summed E-state index contributed by atoms with van der Waals surface area (Å²) in [6, 6.07) is 0. The summed E-state index contributed by atoms with van der Waals surface area (Å²) in [5.74, 6) is 1.38. The van der Waals surface area contributed by atoms with E-state index in [4.69, 9.17) is 4.99 Å². The summed E-state index contributed by atoms with van der Waals surface area (Å²) in [6.45, 7) is 12.5. The molecule has 1 amide bonds. The van der Waals surface area contributed by atoms with Gasteiger partial charge in [0.05, 0.1) is 0 Å². The molecule has 0 aromatic carbocycles. The highest BCUT2D eigenvalue weighted by atomic mass is 127. The Morgan fingerprint density at radius 2 is 2.08 bits per heavy atom. The van der Waals surface area contributed by atoms with Crippen LogP contribution in [0.2, 0.25) is 0 Å². The normalized spacial score (nSPS) is 24.4. The molecule has 0 radical (unpaired) electrons. The first-order valence-corrected chi connectivity index (χ1v) is 9.89. The smallest absolute Gasteiger partial charge is 0.222 e. The van der Waals surface area contributed by atoms with Crippen molar-refractivity contribution in [3.63, 3.8) is 0 Å². The van der Waals surface area contributed by atoms with Gasteiger partial charge in [-0.1, -0.05) is 20.3 Å². The molecule has 2 heterocycles. The van der Waals surface area contributed by atoms with Crippen molar-refractivity contribution in [2.75, 3.05) is 39.3 Å². The van der Waals surface area contributed by atoms with E-state index in [0.29, 0.717) is 11.3 Å². The van der Waals surface area contributed by atoms with E-state index in [9.17, 15) is 4.79 Å². The number of amides is 1. The molecule has 25 heavy (non-hydrogen) atoms. The second-order valence-electron chi connectivity index (χ2n) is 7.66. The number of carbonyl (C=O) groups is 1. The van der Waals surface area contributed by atoms with Gasteiger partial charge in [0.1, 0.15) is 0 Å². The van der Waals surface area contributed by atoms with E-state index >= 15 is 0 Å². The van der Waals surface area contributed by atoms with Crippen LogP contribution >= 0.6 is 24.0 Å². The topological polar surface area (TPSA) is 47.9 Å². The summed E-state index contributed by atoms with van der Waals surface area (Å²) in [4.78, 5) is 20.9. The number of hydrogen-bond donors (Lipinski definition) is 1. The van der Waals surface area contributed by atoms with Gasteiger partial charge in [0.2, 0.25) is 5.91 Å². The summed E-state index contributed by atoms with van der Waals surface area (Å²) in [6.07, 6.45) is 7.84. The number of nitrogens with one attached hydrogen (secondary N) is 1. The third-order valence-electron chi connectivity index (χ3n) is 5.29. The Hall–Kier alpha value is -0.530. The molecule has 2 saturated heterocycles. The molecule has 0 aromatic heterocycles. The molecule has 1 N–H and O–H groups in total. The fourth-order valence-corrected chi connectivity index (χ4v) is 4.12. The molecule has 146 valence electrons. The van der Waals surface area contributed by atoms with Gasteiger partial charge >= 0.3 is 0 Å². The summed E-state index contributed by atoms with van der Waals surface area (Å²) < 4.78 is 0. The summed E-state index contributed by atoms with van der Waals surface area (Å²) in [5, 5.41) is 3.46. The molecule has 6 heteroatoms. The van der Waals surface area contributed by atoms with Crippen molar-refractivity contribution in [1.82, 2.24) is 15.1 Å². The van der Waals surface area contributed by atoms with Crippen molar-refractivity contribution in [3.8, 4) is 0 Å². The fraction of sp³-hybridized carbons (Fsp3) is 0.895. The van der Waals surface area contributed by atoms with Crippen molar-refractivity contribution in [3.05, 3.63) is 0 Å². The zero-order chi connectivity index (χ0) is 17.4. The van der Waals surface area contributed by atoms with Crippen LogP contribution in [0.25, 0.3) is 0 Å². The number of nitrogens with zero attached hydrogens (tertiary/aromatic N) is 3. The van der Waals surface area contributed by atoms with E-state index < -0.39 is 0 Å². The lowest BCUT2D eigenvalue weighted by Gasteiger charge is -2.42. The number of likely N-dealkylation sites (tertiary alicyclic amines) is 2. The lowest BCUT2D eigenvalue weighted by atomic mass is 9.78. The number of aliphatic imine (C=N–C) groups is 1. The lowest BCUT2D eigenvalue weighted by Crippen LogP contribution is -2.49. The molecule has 0 aliphatic carbocycles. The maximum atomic E-state index is 11.7. The van der Waals surface area contributed by atoms with Gasteiger partial charge in [-0.05, 0) is 44.4 Å². The largest absolute Gasteiger partial charge is 0.357 e. The van der Waals surface area contributed by atoms with Crippen molar-refractivity contribution >= 4 is 35.8 Å². The molecule has 1 unspecified atom stereocenters. The number of halogens is 1. The van der Waals surface area contributed by atoms with Gasteiger partial charge in [-0.3, -0.25) is 9.79 Å². The Kier molecular flexibility index (Phi) is 10.1. The van der Waals surface area contributed by atoms with Crippen LogP contribution in [0.3, 0.4) is 0 Å². The van der Waals surface area contributed by atoms with Crippen LogP contribution in [0.4, 0.5) is 0 Å². The van der Waals surface area contributed by atoms with E-state index in [2.05, 4.69) is 31.0 Å². The average Bonchev–Trinajstić information content (AvgIpc) is 2.95. The first kappa shape index (κ1) is 22.5. The van der Waals surface area contributed by atoms with E-state index in [1.54, 1.807) is 0 Å². The third-order valence-corrected chi connectivity index (χ3v) is 5.29. The van der Waals surface area contributed by atoms with E-state index in [0.717, 1.165) is 64.5 Å². The first-order valence-electron chi connectivity index (χ1n) is 9.89. The Morgan fingerprint density at radius 1 is 1.28 bits per heavy atom. The van der Waals surface area contributed by atoms with Crippen LogP contribution in [0.1, 0.15) is 65.7 Å². The quantitative estimate of drug-likeness (QED) is 0.272. The molecule has 0 saturated carbocycles. The minimum Gasteiger partial charge on any atom is -0.357 e. The third kappa shape index (κ3) is 6.94. The second-order valence-corrected chi connectivity index (χ2v) is 7.66. The van der Waals surface area contributed by atoms with Crippen molar-refractivity contribution in [1.29, 1.82) is 0 Å². The van der Waals surface area contributed by atoms with Gasteiger partial charge in [0, 0.05) is 45.7 Å². The Labute approximate surface area is 171 Å². The van der Waals surface area contributed by atoms with E-state index in [-0.39, 0.29) is 24.0 Å². The van der Waals surface area contributed by atoms with Crippen molar-refractivity contribution < 1.29 is 4.79 Å². The standard InChI is InChI=1S/C19H36N4O.HI/c1-4-10-19(3)11-7-14-23(16-19)18(20-5-2)21-12-8-15-22-13-6-9-17(22)24;/h4-16H2,1-3H3,(H,20,21);1H. The molecule has 2 aliphatic rings. The van der Waals surface area contributed by atoms with Crippen molar-refractivity contribution in [2.45, 2.75) is 65.7 Å². The Morgan fingerprint density at radius 3 is 2.72 bits per heavy atom. The van der Waals surface area contributed by atoms with Crippen molar-refractivity contribution in [2.24, 2.45) is 10.4 Å². The molecule has 2 rings (SSSR count). The number of carbonyl (C=O) groups excluding carboxylic acids is 1. The Bertz CT molecular complexity index is 439. The monoisotopic (exact) mass is 464 g/mol. The van der Waals surface area contributed by atoms with Crippen LogP contribution in [0.15, 0.2) is 4.99 Å². The molecule has 5 nitrogen and oxygen atoms in total. The molecule has 0 spiro atoms. The number of hydrogen-bond acceptors (Lipinski definition) is 2. The molecule has 0 bridgehead atoms. The average molecular weight is 464 g/mol. The Balaban J connectivity index is 0.00000312. The maximum Gasteiger partial charge on any atom is 0.222 e. The van der Waals surface area contributed by atoms with E-state index in [1.165, 1.54) is 25.7 Å². The molecular formula is C19H37IN4O. The molecular weight excluding hydrogens is 427 g/mol. The van der Waals surface area contributed by atoms with Crippen LogP contribution in [0, 0.1) is 5.41 Å². The van der Waals surface area contributed by atoms with Gasteiger partial charge in [-0.25, -0.2) is 0 Å². The number of guanidine groups is 1. The lowest BCUT2D eigenvalue weighted by molar-refractivity contribution is -0.127. The van der Waals surface area contributed by atoms with Crippen LogP contribution < -0.4 is 5.32 Å². The van der Waals surface area contributed by atoms with Crippen LogP contribution in [0.5, 0.6) is 0 Å². The fourth-order valence-electron chi connectivity index (χ4n) is 4.12. The molecule has 1 atom stereocenters. The minimum atomic E-state index is 0. The molecule has 2 aliphatic heterocycles. The molecule has 0 aromatic rings. The zero-order valence-electron chi connectivity index (χ0n) is 16.4. The number of rotatable bonds is 7. The van der Waals surface area contributed by atoms with Gasteiger partial charge in [0.25, 0.3) is 0 Å². The maximum absolute atomic E-state index is 11.7. The second kappa shape index (κ2) is 11.2. The summed E-state index contributed by atoms with van der Waals surface area (Å²) in [7, 11) is 0. The van der Waals surface area contributed by atoms with Gasteiger partial charge in [-0.2, -0.15) is 0 Å². The SMILES string of the molecule is CCCC1(C)CCCN(C(=NCCCN2CCCC2=O)NCC)C1.I. The van der Waals surface area contributed by atoms with Gasteiger partial charge < -0.3 is 15.1 Å². The highest BCUT2D eigenvalue weighted by Gasteiger charge is 2.31. The van der Waals surface area contributed by atoms with E-state index in [1.807, 2.05) is 4.90 Å². The van der Waals surface area contributed by atoms with Crippen LogP contribution in [-0.2, 0) is 4.79 Å². The van der Waals surface area contributed by atoms with Gasteiger partial charge in [-0.15, -0.1) is 24.0 Å². The summed E-state index contributed by atoms with van der Waals surface area (Å²) >= 11 is 0. The molecule has 2 fully saturated rings. The highest BCUT2D eigenvalue weighted by Crippen LogP contribution is 2.33. The predicted octanol–water partition coefficient (Wildman–Crippen LogP) is 3.48. The first-order chi connectivity index (χ1) is 11.6. The summed E-state index contributed by atoms with van der Waals surface area (Å²) in [5.41, 5.74) is 0.422. The zero-order valence-corrected chi connectivity index (χ0v) is 18.7.